The molecule has 0 unspecified atom stereocenters. The number of carbonyl (C=O) groups is 1. The van der Waals surface area contributed by atoms with Crippen LogP contribution >= 0.6 is 0 Å². The van der Waals surface area contributed by atoms with Crippen molar-refractivity contribution in [3.8, 4) is 11.3 Å². The van der Waals surface area contributed by atoms with Gasteiger partial charge >= 0.3 is 0 Å². The number of hydrogen-bond acceptors (Lipinski definition) is 3. The molecule has 1 fully saturated rings. The molecule has 0 N–H and O–H groups in total. The average Bonchev–Trinajstić information content (AvgIpc) is 2.96. The zero-order valence-corrected chi connectivity index (χ0v) is 13.0. The van der Waals surface area contributed by atoms with Gasteiger partial charge in [0.2, 0.25) is 0 Å². The Balaban J connectivity index is 1.76. The van der Waals surface area contributed by atoms with E-state index in [0.717, 1.165) is 37.1 Å². The first-order valence-electron chi connectivity index (χ1n) is 8.07. The predicted molar refractivity (Wildman–Crippen MR) is 85.7 cm³/mol. The Bertz CT molecular complexity index is 640. The molecule has 0 atom stereocenters. The van der Waals surface area contributed by atoms with Crippen LogP contribution in [-0.4, -0.2) is 29.1 Å². The van der Waals surface area contributed by atoms with Crippen molar-refractivity contribution in [3.63, 3.8) is 0 Å². The van der Waals surface area contributed by atoms with E-state index in [1.54, 1.807) is 6.07 Å². The largest absolute Gasteiger partial charge is 0.355 e. The van der Waals surface area contributed by atoms with Gasteiger partial charge in [-0.15, -0.1) is 0 Å². The first kappa shape index (κ1) is 14.8. The fourth-order valence-corrected chi connectivity index (χ4v) is 2.92. The highest BCUT2D eigenvalue weighted by Gasteiger charge is 2.20. The van der Waals surface area contributed by atoms with Gasteiger partial charge in [0.25, 0.3) is 5.91 Å². The summed E-state index contributed by atoms with van der Waals surface area (Å²) >= 11 is 0. The van der Waals surface area contributed by atoms with Crippen molar-refractivity contribution in [2.75, 3.05) is 13.1 Å². The summed E-state index contributed by atoms with van der Waals surface area (Å²) in [6.45, 7) is 3.68. The lowest BCUT2D eigenvalue weighted by atomic mass is 10.1. The van der Waals surface area contributed by atoms with E-state index in [2.05, 4.69) is 5.16 Å². The number of benzene rings is 1. The van der Waals surface area contributed by atoms with Crippen molar-refractivity contribution < 1.29 is 9.32 Å². The van der Waals surface area contributed by atoms with Gasteiger partial charge in [-0.1, -0.05) is 48.2 Å². The first-order valence-corrected chi connectivity index (χ1v) is 8.07. The fourth-order valence-electron chi connectivity index (χ4n) is 2.92. The van der Waals surface area contributed by atoms with Gasteiger partial charge in [0.1, 0.15) is 0 Å². The summed E-state index contributed by atoms with van der Waals surface area (Å²) in [5.74, 6) is 0.642. The number of hydrogen-bond donors (Lipinski definition) is 0. The summed E-state index contributed by atoms with van der Waals surface area (Å²) in [4.78, 5) is 14.5. The molecule has 22 heavy (non-hydrogen) atoms. The number of rotatable bonds is 2. The van der Waals surface area contributed by atoms with Crippen LogP contribution in [0.4, 0.5) is 0 Å². The van der Waals surface area contributed by atoms with Crippen molar-refractivity contribution in [2.45, 2.75) is 39.0 Å². The van der Waals surface area contributed by atoms with Crippen LogP contribution < -0.4 is 0 Å². The second kappa shape index (κ2) is 6.77. The Morgan fingerprint density at radius 1 is 1.09 bits per heavy atom. The minimum absolute atomic E-state index is 0.00967. The van der Waals surface area contributed by atoms with E-state index in [1.807, 2.05) is 36.1 Å². The summed E-state index contributed by atoms with van der Waals surface area (Å²) in [5, 5.41) is 3.99. The van der Waals surface area contributed by atoms with Crippen molar-refractivity contribution in [1.29, 1.82) is 0 Å². The molecular formula is C18H22N2O2. The van der Waals surface area contributed by atoms with Crippen LogP contribution in [0.2, 0.25) is 0 Å². The van der Waals surface area contributed by atoms with Gasteiger partial charge in [-0.05, 0) is 25.8 Å². The molecule has 3 rings (SSSR count). The Labute approximate surface area is 131 Å². The number of carbonyl (C=O) groups excluding carboxylic acids is 1. The summed E-state index contributed by atoms with van der Waals surface area (Å²) < 4.78 is 5.38. The first-order chi connectivity index (χ1) is 10.7. The molecule has 4 nitrogen and oxygen atoms in total. The molecule has 0 aliphatic carbocycles. The van der Waals surface area contributed by atoms with E-state index in [0.29, 0.717) is 11.5 Å². The molecule has 1 aliphatic heterocycles. The third-order valence-electron chi connectivity index (χ3n) is 4.18. The van der Waals surface area contributed by atoms with Gasteiger partial charge in [-0.3, -0.25) is 4.79 Å². The highest BCUT2D eigenvalue weighted by atomic mass is 16.5. The Morgan fingerprint density at radius 3 is 2.55 bits per heavy atom. The molecule has 1 amide bonds. The van der Waals surface area contributed by atoms with Gasteiger partial charge in [-0.2, -0.15) is 0 Å². The molecule has 0 saturated carbocycles. The molecule has 1 aliphatic rings. The second-order valence-corrected chi connectivity index (χ2v) is 6.01. The summed E-state index contributed by atoms with van der Waals surface area (Å²) in [6, 6.07) is 9.78. The highest BCUT2D eigenvalue weighted by molar-refractivity contribution is 5.93. The molecule has 1 aromatic heterocycles. The van der Waals surface area contributed by atoms with E-state index < -0.39 is 0 Å². The Hall–Kier alpha value is -2.10. The van der Waals surface area contributed by atoms with E-state index in [4.69, 9.17) is 4.52 Å². The lowest BCUT2D eigenvalue weighted by Gasteiger charge is -2.23. The van der Waals surface area contributed by atoms with Crippen LogP contribution in [0.25, 0.3) is 11.3 Å². The normalized spacial score (nSPS) is 16.1. The minimum atomic E-state index is -0.00967. The van der Waals surface area contributed by atoms with Gasteiger partial charge in [0.15, 0.2) is 11.5 Å². The Kier molecular flexibility index (Phi) is 4.56. The standard InChI is InChI=1S/C18H22N2O2/c1-14-8-7-9-15(12-14)17-13-16(19-22-17)18(21)20-10-5-3-2-4-6-11-20/h7-9,12-13H,2-6,10-11H2,1H3. The lowest BCUT2D eigenvalue weighted by Crippen LogP contribution is -2.33. The number of likely N-dealkylation sites (tertiary alicyclic amines) is 1. The van der Waals surface area contributed by atoms with Crippen molar-refractivity contribution >= 4 is 5.91 Å². The molecule has 1 saturated heterocycles. The molecule has 4 heteroatoms. The molecule has 0 radical (unpaired) electrons. The quantitative estimate of drug-likeness (QED) is 0.840. The van der Waals surface area contributed by atoms with E-state index in [1.165, 1.54) is 19.3 Å². The Morgan fingerprint density at radius 2 is 1.82 bits per heavy atom. The predicted octanol–water partition coefficient (Wildman–Crippen LogP) is 4.06. The number of aryl methyl sites for hydroxylation is 1. The van der Waals surface area contributed by atoms with Gasteiger partial charge in [0, 0.05) is 24.7 Å². The molecule has 0 spiro atoms. The van der Waals surface area contributed by atoms with Gasteiger partial charge < -0.3 is 9.42 Å². The van der Waals surface area contributed by atoms with Crippen molar-refractivity contribution in [1.82, 2.24) is 10.1 Å². The second-order valence-electron chi connectivity index (χ2n) is 6.01. The third kappa shape index (κ3) is 3.38. The number of aromatic nitrogens is 1. The third-order valence-corrected chi connectivity index (χ3v) is 4.18. The SMILES string of the molecule is Cc1cccc(-c2cc(C(=O)N3CCCCCCC3)no2)c1. The zero-order chi connectivity index (χ0) is 15.4. The van der Waals surface area contributed by atoms with Crippen molar-refractivity contribution in [2.24, 2.45) is 0 Å². The number of amides is 1. The topological polar surface area (TPSA) is 46.3 Å². The van der Waals surface area contributed by atoms with Gasteiger partial charge in [-0.25, -0.2) is 0 Å². The summed E-state index contributed by atoms with van der Waals surface area (Å²) in [6.07, 6.45) is 5.85. The molecule has 116 valence electrons. The zero-order valence-electron chi connectivity index (χ0n) is 13.0. The van der Waals surface area contributed by atoms with E-state index in [-0.39, 0.29) is 5.91 Å². The van der Waals surface area contributed by atoms with Crippen LogP contribution in [-0.2, 0) is 0 Å². The van der Waals surface area contributed by atoms with Crippen LogP contribution in [0.1, 0.15) is 48.2 Å². The summed E-state index contributed by atoms with van der Waals surface area (Å²) in [5.41, 5.74) is 2.53. The number of nitrogens with zero attached hydrogens (tertiary/aromatic N) is 2. The molecule has 2 heterocycles. The smallest absolute Gasteiger partial charge is 0.276 e. The molecular weight excluding hydrogens is 276 g/mol. The van der Waals surface area contributed by atoms with Crippen LogP contribution in [0.5, 0.6) is 0 Å². The monoisotopic (exact) mass is 298 g/mol. The fraction of sp³-hybridized carbons (Fsp3) is 0.444. The van der Waals surface area contributed by atoms with Crippen LogP contribution in [0.15, 0.2) is 34.9 Å². The maximum absolute atomic E-state index is 12.6. The van der Waals surface area contributed by atoms with Crippen molar-refractivity contribution in [3.05, 3.63) is 41.6 Å². The molecule has 2 aromatic rings. The van der Waals surface area contributed by atoms with E-state index >= 15 is 0 Å². The van der Waals surface area contributed by atoms with Crippen LogP contribution in [0.3, 0.4) is 0 Å². The minimum Gasteiger partial charge on any atom is -0.355 e. The van der Waals surface area contributed by atoms with E-state index in [9.17, 15) is 4.79 Å². The highest BCUT2D eigenvalue weighted by Crippen LogP contribution is 2.22. The molecule has 0 bridgehead atoms. The average molecular weight is 298 g/mol. The summed E-state index contributed by atoms with van der Waals surface area (Å²) in [7, 11) is 0. The molecule has 1 aromatic carbocycles. The van der Waals surface area contributed by atoms with Gasteiger partial charge in [0.05, 0.1) is 0 Å². The maximum Gasteiger partial charge on any atom is 0.276 e. The lowest BCUT2D eigenvalue weighted by molar-refractivity contribution is 0.0732. The van der Waals surface area contributed by atoms with Crippen LogP contribution in [0, 0.1) is 6.92 Å². The maximum atomic E-state index is 12.6.